The van der Waals surface area contributed by atoms with Crippen LogP contribution in [0.1, 0.15) is 0 Å². The van der Waals surface area contributed by atoms with Crippen molar-refractivity contribution in [2.75, 3.05) is 0 Å². The number of furan rings is 1. The molecular weight excluding hydrogens is 491 g/mol. The van der Waals surface area contributed by atoms with Crippen LogP contribution in [0.4, 0.5) is 0 Å². The fourth-order valence-corrected chi connectivity index (χ4v) is 3.99. The second kappa shape index (κ2) is 6.28. The molecule has 2 nitrogen and oxygen atoms in total. The van der Waals surface area contributed by atoms with Crippen LogP contribution in [-0.2, 0) is 20.1 Å². The van der Waals surface area contributed by atoms with Gasteiger partial charge in [0.2, 0.25) is 0 Å². The van der Waals surface area contributed by atoms with E-state index in [2.05, 4.69) is 55.0 Å². The molecule has 4 heteroatoms. The maximum absolute atomic E-state index is 6.09. The normalized spacial score (nSPS) is 11.6. The van der Waals surface area contributed by atoms with E-state index in [0.717, 1.165) is 33.2 Å². The zero-order valence-electron chi connectivity index (χ0n) is 13.9. The van der Waals surface area contributed by atoms with E-state index in [0.29, 0.717) is 0 Å². The summed E-state index contributed by atoms with van der Waals surface area (Å²) in [5, 5.41) is 3.55. The monoisotopic (exact) mass is 509 g/mol. The number of fused-ring (bicyclic) bond motifs is 3. The predicted molar refractivity (Wildman–Crippen MR) is 98.8 cm³/mol. The van der Waals surface area contributed by atoms with Gasteiger partial charge in [-0.25, -0.2) is 0 Å². The molecule has 1 radical (unpaired) electrons. The van der Waals surface area contributed by atoms with Gasteiger partial charge in [0.25, 0.3) is 0 Å². The van der Waals surface area contributed by atoms with Crippen molar-refractivity contribution in [3.05, 3.63) is 60.8 Å². The summed E-state index contributed by atoms with van der Waals surface area (Å²) in [4.78, 5) is 4.59. The molecule has 0 aliphatic carbocycles. The summed E-state index contributed by atoms with van der Waals surface area (Å²) in [5.74, 6) is 0. The van der Waals surface area contributed by atoms with Crippen molar-refractivity contribution in [3.8, 4) is 11.3 Å². The predicted octanol–water partition coefficient (Wildman–Crippen LogP) is 4.99. The SMILES string of the molecule is C[Si](C)(C)c1[c-]c(-c2nccc3c2oc2ccccc23)ccc1.[Ir]. The first-order valence-corrected chi connectivity index (χ1v) is 11.3. The molecule has 2 aromatic heterocycles. The van der Waals surface area contributed by atoms with Crippen molar-refractivity contribution in [2.24, 2.45) is 0 Å². The molecule has 0 unspecified atom stereocenters. The molecule has 0 fully saturated rings. The van der Waals surface area contributed by atoms with Crippen molar-refractivity contribution < 1.29 is 24.5 Å². The number of rotatable bonds is 2. The van der Waals surface area contributed by atoms with Crippen molar-refractivity contribution in [2.45, 2.75) is 19.6 Å². The van der Waals surface area contributed by atoms with Gasteiger partial charge in [-0.15, -0.1) is 35.0 Å². The third kappa shape index (κ3) is 2.86. The van der Waals surface area contributed by atoms with Gasteiger partial charge in [-0.3, -0.25) is 0 Å². The molecule has 0 saturated carbocycles. The van der Waals surface area contributed by atoms with Crippen LogP contribution in [-0.4, -0.2) is 13.1 Å². The van der Waals surface area contributed by atoms with Gasteiger partial charge < -0.3 is 9.40 Å². The average molecular weight is 509 g/mol. The van der Waals surface area contributed by atoms with Crippen LogP contribution in [0.15, 0.2) is 59.1 Å². The largest absolute Gasteiger partial charge is 0.464 e. The Bertz CT molecular complexity index is 1020. The number of benzene rings is 2. The Morgan fingerprint density at radius 3 is 2.50 bits per heavy atom. The van der Waals surface area contributed by atoms with Gasteiger partial charge in [0.15, 0.2) is 0 Å². The van der Waals surface area contributed by atoms with Crippen LogP contribution in [0.25, 0.3) is 33.2 Å². The zero-order chi connectivity index (χ0) is 16.0. The number of aromatic nitrogens is 1. The zero-order valence-corrected chi connectivity index (χ0v) is 17.3. The van der Waals surface area contributed by atoms with Crippen molar-refractivity contribution >= 4 is 35.2 Å². The van der Waals surface area contributed by atoms with Crippen molar-refractivity contribution in [1.29, 1.82) is 0 Å². The number of pyridine rings is 1. The number of para-hydroxylation sites is 1. The maximum Gasteiger partial charge on any atom is 0.134 e. The van der Waals surface area contributed by atoms with Gasteiger partial charge >= 0.3 is 0 Å². The van der Waals surface area contributed by atoms with Crippen molar-refractivity contribution in [3.63, 3.8) is 0 Å². The Balaban J connectivity index is 0.00000169. The molecule has 2 heterocycles. The third-order valence-corrected chi connectivity index (χ3v) is 6.06. The van der Waals surface area contributed by atoms with Crippen LogP contribution >= 0.6 is 0 Å². The average Bonchev–Trinajstić information content (AvgIpc) is 2.93. The maximum atomic E-state index is 6.09. The van der Waals surface area contributed by atoms with E-state index in [-0.39, 0.29) is 20.1 Å². The number of nitrogens with zero attached hydrogens (tertiary/aromatic N) is 1. The summed E-state index contributed by atoms with van der Waals surface area (Å²) >= 11 is 0. The summed E-state index contributed by atoms with van der Waals surface area (Å²) in [5.41, 5.74) is 3.63. The fourth-order valence-electron chi connectivity index (χ4n) is 2.89. The minimum Gasteiger partial charge on any atom is -0.464 e. The van der Waals surface area contributed by atoms with Crippen LogP contribution in [0, 0.1) is 6.07 Å². The minimum atomic E-state index is -1.41. The van der Waals surface area contributed by atoms with Gasteiger partial charge in [-0.05, 0) is 12.1 Å². The molecule has 0 atom stereocenters. The standard InChI is InChI=1S/C20H18NOSi.Ir/c1-23(2,3)15-8-6-7-14(13-15)19-20-17(11-12-21-19)16-9-4-5-10-18(16)22-20;/h4-12H,1-3H3;/q-1;. The van der Waals surface area contributed by atoms with E-state index in [1.807, 2.05) is 30.5 Å². The van der Waals surface area contributed by atoms with E-state index < -0.39 is 8.07 Å². The first-order chi connectivity index (χ1) is 11.0. The summed E-state index contributed by atoms with van der Waals surface area (Å²) in [6.45, 7) is 6.99. The van der Waals surface area contributed by atoms with Crippen LogP contribution in [0.2, 0.25) is 19.6 Å². The number of hydrogen-bond acceptors (Lipinski definition) is 2. The van der Waals surface area contributed by atoms with Crippen molar-refractivity contribution in [1.82, 2.24) is 4.98 Å². The van der Waals surface area contributed by atoms with E-state index >= 15 is 0 Å². The van der Waals surface area contributed by atoms with Crippen LogP contribution < -0.4 is 5.19 Å². The van der Waals surface area contributed by atoms with Gasteiger partial charge in [0, 0.05) is 42.8 Å². The van der Waals surface area contributed by atoms with Gasteiger partial charge in [-0.2, -0.15) is 0 Å². The number of hydrogen-bond donors (Lipinski definition) is 0. The second-order valence-electron chi connectivity index (χ2n) is 6.86. The Morgan fingerprint density at radius 2 is 1.71 bits per heavy atom. The molecule has 0 saturated heterocycles. The Kier molecular flexibility index (Phi) is 4.47. The molecular formula is C20H18IrNOSi-. The molecule has 0 N–H and O–H groups in total. The smallest absolute Gasteiger partial charge is 0.134 e. The molecule has 4 aromatic rings. The molecule has 2 aromatic carbocycles. The van der Waals surface area contributed by atoms with Crippen LogP contribution in [0.5, 0.6) is 0 Å². The molecule has 24 heavy (non-hydrogen) atoms. The van der Waals surface area contributed by atoms with Gasteiger partial charge in [0.1, 0.15) is 11.2 Å². The first-order valence-electron chi connectivity index (χ1n) is 7.83. The van der Waals surface area contributed by atoms with Gasteiger partial charge in [0.05, 0.1) is 8.07 Å². The van der Waals surface area contributed by atoms with E-state index in [1.54, 1.807) is 0 Å². The minimum absolute atomic E-state index is 0. The quantitative estimate of drug-likeness (QED) is 0.282. The van der Waals surface area contributed by atoms with E-state index in [1.165, 1.54) is 5.19 Å². The van der Waals surface area contributed by atoms with E-state index in [4.69, 9.17) is 4.42 Å². The molecule has 0 aliphatic heterocycles. The summed E-state index contributed by atoms with van der Waals surface area (Å²) in [6.07, 6.45) is 1.86. The Morgan fingerprint density at radius 1 is 0.917 bits per heavy atom. The second-order valence-corrected chi connectivity index (χ2v) is 11.9. The Labute approximate surface area is 156 Å². The summed E-state index contributed by atoms with van der Waals surface area (Å²) in [7, 11) is -1.41. The summed E-state index contributed by atoms with van der Waals surface area (Å²) in [6, 6.07) is 20.1. The summed E-state index contributed by atoms with van der Waals surface area (Å²) < 4.78 is 6.09. The molecule has 0 spiro atoms. The molecule has 123 valence electrons. The van der Waals surface area contributed by atoms with E-state index in [9.17, 15) is 0 Å². The molecule has 0 aliphatic rings. The Hall–Kier alpha value is -1.74. The van der Waals surface area contributed by atoms with Gasteiger partial charge in [-0.1, -0.05) is 37.8 Å². The molecule has 0 amide bonds. The topological polar surface area (TPSA) is 26.0 Å². The molecule has 0 bridgehead atoms. The third-order valence-electron chi connectivity index (χ3n) is 4.15. The first kappa shape index (κ1) is 17.1. The fraction of sp³-hybridized carbons (Fsp3) is 0.150. The van der Waals surface area contributed by atoms with Crippen LogP contribution in [0.3, 0.4) is 0 Å². The molecule has 4 rings (SSSR count).